The molecule has 0 aromatic heterocycles. The largest absolute Gasteiger partial charge is 0.481 e. The Hall–Kier alpha value is -2.04. The van der Waals surface area contributed by atoms with Crippen LogP contribution >= 0.6 is 0 Å². The van der Waals surface area contributed by atoms with E-state index < -0.39 is 12.1 Å². The second kappa shape index (κ2) is 5.53. The molecule has 0 saturated heterocycles. The fourth-order valence-corrected chi connectivity index (χ4v) is 1.79. The molecule has 1 amide bonds. The Kier molecular flexibility index (Phi) is 3.82. The molecule has 0 radical (unpaired) electrons. The molecule has 0 bridgehead atoms. The van der Waals surface area contributed by atoms with Gasteiger partial charge in [0.1, 0.15) is 6.61 Å². The van der Waals surface area contributed by atoms with Crippen LogP contribution in [0.1, 0.15) is 18.4 Å². The molecule has 0 spiro atoms. The number of carbonyl (C=O) groups excluding carboxylic acids is 1. The fraction of sp³-hybridized carbons (Fsp3) is 0.385. The van der Waals surface area contributed by atoms with Gasteiger partial charge in [0.05, 0.1) is 6.42 Å². The van der Waals surface area contributed by atoms with E-state index >= 15 is 0 Å². The van der Waals surface area contributed by atoms with Crippen molar-refractivity contribution in [3.63, 3.8) is 0 Å². The molecular formula is C13H15NO4. The molecule has 1 fully saturated rings. The number of carboxylic acids is 1. The lowest BCUT2D eigenvalue weighted by atomic mass is 10.2. The maximum Gasteiger partial charge on any atom is 0.407 e. The van der Waals surface area contributed by atoms with E-state index in [1.54, 1.807) is 0 Å². The van der Waals surface area contributed by atoms with E-state index in [0.29, 0.717) is 6.42 Å². The van der Waals surface area contributed by atoms with Crippen molar-refractivity contribution in [2.45, 2.75) is 25.5 Å². The maximum absolute atomic E-state index is 11.4. The second-order valence-electron chi connectivity index (χ2n) is 4.41. The zero-order chi connectivity index (χ0) is 13.0. The van der Waals surface area contributed by atoms with Crippen molar-refractivity contribution in [1.29, 1.82) is 0 Å². The van der Waals surface area contributed by atoms with Crippen LogP contribution in [0.3, 0.4) is 0 Å². The van der Waals surface area contributed by atoms with Gasteiger partial charge in [0.2, 0.25) is 0 Å². The summed E-state index contributed by atoms with van der Waals surface area (Å²) in [5, 5.41) is 11.2. The average Bonchev–Trinajstić information content (AvgIpc) is 3.05. The first-order valence-corrected chi connectivity index (χ1v) is 5.84. The Morgan fingerprint density at radius 3 is 2.72 bits per heavy atom. The van der Waals surface area contributed by atoms with E-state index in [0.717, 1.165) is 5.56 Å². The third kappa shape index (κ3) is 3.76. The molecule has 2 atom stereocenters. The highest BCUT2D eigenvalue weighted by Crippen LogP contribution is 2.33. The zero-order valence-corrected chi connectivity index (χ0v) is 9.83. The molecule has 0 unspecified atom stereocenters. The second-order valence-corrected chi connectivity index (χ2v) is 4.41. The van der Waals surface area contributed by atoms with Gasteiger partial charge in [-0.05, 0) is 17.9 Å². The van der Waals surface area contributed by atoms with Gasteiger partial charge < -0.3 is 15.2 Å². The minimum atomic E-state index is -0.832. The van der Waals surface area contributed by atoms with E-state index in [4.69, 9.17) is 9.84 Å². The van der Waals surface area contributed by atoms with Crippen LogP contribution in [0.25, 0.3) is 0 Å². The average molecular weight is 249 g/mol. The number of carboxylic acid groups (broad SMARTS) is 1. The summed E-state index contributed by atoms with van der Waals surface area (Å²) in [5.74, 6) is -0.784. The number of alkyl carbamates (subject to hydrolysis) is 1. The molecule has 1 saturated carbocycles. The lowest BCUT2D eigenvalue weighted by molar-refractivity contribution is -0.137. The van der Waals surface area contributed by atoms with Gasteiger partial charge in [0.15, 0.2) is 0 Å². The van der Waals surface area contributed by atoms with E-state index in [-0.39, 0.29) is 25.0 Å². The highest BCUT2D eigenvalue weighted by Gasteiger charge is 2.40. The van der Waals surface area contributed by atoms with Crippen molar-refractivity contribution in [1.82, 2.24) is 5.32 Å². The van der Waals surface area contributed by atoms with Crippen molar-refractivity contribution in [2.24, 2.45) is 5.92 Å². The smallest absolute Gasteiger partial charge is 0.407 e. The lowest BCUT2D eigenvalue weighted by Crippen LogP contribution is -2.27. The molecule has 5 heteroatoms. The predicted molar refractivity (Wildman–Crippen MR) is 63.9 cm³/mol. The molecular weight excluding hydrogens is 234 g/mol. The Morgan fingerprint density at radius 1 is 1.33 bits per heavy atom. The predicted octanol–water partition coefficient (Wildman–Crippen LogP) is 1.78. The quantitative estimate of drug-likeness (QED) is 0.834. The Balaban J connectivity index is 1.66. The lowest BCUT2D eigenvalue weighted by Gasteiger charge is -2.06. The summed E-state index contributed by atoms with van der Waals surface area (Å²) < 4.78 is 5.03. The van der Waals surface area contributed by atoms with Crippen LogP contribution in [0.2, 0.25) is 0 Å². The third-order valence-electron chi connectivity index (χ3n) is 2.88. The highest BCUT2D eigenvalue weighted by molar-refractivity contribution is 5.70. The molecule has 5 nitrogen and oxygen atoms in total. The van der Waals surface area contributed by atoms with Crippen molar-refractivity contribution in [3.05, 3.63) is 35.9 Å². The van der Waals surface area contributed by atoms with Gasteiger partial charge in [0.25, 0.3) is 0 Å². The van der Waals surface area contributed by atoms with E-state index in [2.05, 4.69) is 5.32 Å². The SMILES string of the molecule is O=C(O)C[C@@H]1C[C@H]1NC(=O)OCc1ccccc1. The summed E-state index contributed by atoms with van der Waals surface area (Å²) in [7, 11) is 0. The van der Waals surface area contributed by atoms with Crippen molar-refractivity contribution >= 4 is 12.1 Å². The van der Waals surface area contributed by atoms with Gasteiger partial charge >= 0.3 is 12.1 Å². The van der Waals surface area contributed by atoms with Gasteiger partial charge in [-0.1, -0.05) is 30.3 Å². The van der Waals surface area contributed by atoms with Crippen molar-refractivity contribution < 1.29 is 19.4 Å². The monoisotopic (exact) mass is 249 g/mol. The number of amides is 1. The maximum atomic E-state index is 11.4. The van der Waals surface area contributed by atoms with Crippen LogP contribution in [-0.4, -0.2) is 23.2 Å². The van der Waals surface area contributed by atoms with Crippen LogP contribution in [0.4, 0.5) is 4.79 Å². The van der Waals surface area contributed by atoms with Crippen LogP contribution < -0.4 is 5.32 Å². The Bertz CT molecular complexity index is 432. The number of carbonyl (C=O) groups is 2. The van der Waals surface area contributed by atoms with Crippen LogP contribution in [-0.2, 0) is 16.1 Å². The van der Waals surface area contributed by atoms with E-state index in [1.807, 2.05) is 30.3 Å². The zero-order valence-electron chi connectivity index (χ0n) is 9.83. The third-order valence-corrected chi connectivity index (χ3v) is 2.88. The summed E-state index contributed by atoms with van der Waals surface area (Å²) in [6.07, 6.45) is 0.327. The van der Waals surface area contributed by atoms with Gasteiger partial charge in [0, 0.05) is 6.04 Å². The number of hydrogen-bond donors (Lipinski definition) is 2. The van der Waals surface area contributed by atoms with Crippen molar-refractivity contribution in [2.75, 3.05) is 0 Å². The molecule has 2 rings (SSSR count). The van der Waals surface area contributed by atoms with Crippen LogP contribution in [0, 0.1) is 5.92 Å². The number of hydrogen-bond acceptors (Lipinski definition) is 3. The van der Waals surface area contributed by atoms with Gasteiger partial charge in [-0.2, -0.15) is 0 Å². The van der Waals surface area contributed by atoms with Gasteiger partial charge in [-0.25, -0.2) is 4.79 Å². The van der Waals surface area contributed by atoms with Crippen molar-refractivity contribution in [3.8, 4) is 0 Å². The number of aliphatic carboxylic acids is 1. The minimum absolute atomic E-state index is 0.0479. The topological polar surface area (TPSA) is 75.6 Å². The van der Waals surface area contributed by atoms with Gasteiger partial charge in [-0.3, -0.25) is 4.79 Å². The molecule has 18 heavy (non-hydrogen) atoms. The molecule has 1 aromatic rings. The molecule has 1 aromatic carbocycles. The molecule has 2 N–H and O–H groups in total. The minimum Gasteiger partial charge on any atom is -0.481 e. The van der Waals surface area contributed by atoms with E-state index in [9.17, 15) is 9.59 Å². The van der Waals surface area contributed by atoms with Gasteiger partial charge in [-0.15, -0.1) is 0 Å². The summed E-state index contributed by atoms with van der Waals surface area (Å²) in [6, 6.07) is 9.34. The number of rotatable bonds is 5. The molecule has 1 aliphatic carbocycles. The summed E-state index contributed by atoms with van der Waals surface area (Å²) >= 11 is 0. The highest BCUT2D eigenvalue weighted by atomic mass is 16.5. The number of benzene rings is 1. The molecule has 1 aliphatic rings. The molecule has 0 aliphatic heterocycles. The fourth-order valence-electron chi connectivity index (χ4n) is 1.79. The van der Waals surface area contributed by atoms with E-state index in [1.165, 1.54) is 0 Å². The first kappa shape index (κ1) is 12.4. The molecule has 96 valence electrons. The normalized spacial score (nSPS) is 21.1. The van der Waals surface area contributed by atoms with Crippen LogP contribution in [0.5, 0.6) is 0 Å². The first-order chi connectivity index (χ1) is 8.65. The molecule has 0 heterocycles. The standard InChI is InChI=1S/C13H15NO4/c15-12(16)7-10-6-11(10)14-13(17)18-8-9-4-2-1-3-5-9/h1-5,10-11H,6-8H2,(H,14,17)(H,15,16)/t10-,11+/m0/s1. The first-order valence-electron chi connectivity index (χ1n) is 5.84. The van der Waals surface area contributed by atoms with Crippen LogP contribution in [0.15, 0.2) is 30.3 Å². The Labute approximate surface area is 105 Å². The Morgan fingerprint density at radius 2 is 2.06 bits per heavy atom. The summed E-state index contributed by atoms with van der Waals surface area (Å²) in [5.41, 5.74) is 0.922. The summed E-state index contributed by atoms with van der Waals surface area (Å²) in [6.45, 7) is 0.225. The number of nitrogens with one attached hydrogen (secondary N) is 1. The summed E-state index contributed by atoms with van der Waals surface area (Å²) in [4.78, 5) is 21.9. The number of ether oxygens (including phenoxy) is 1.